The minimum atomic E-state index is -0.0779. The molecule has 0 unspecified atom stereocenters. The van der Waals surface area contributed by atoms with Crippen LogP contribution in [0.5, 0.6) is 0 Å². The lowest BCUT2D eigenvalue weighted by atomic mass is 9.88. The lowest BCUT2D eigenvalue weighted by Gasteiger charge is -2.29. The van der Waals surface area contributed by atoms with E-state index in [4.69, 9.17) is 0 Å². The van der Waals surface area contributed by atoms with Gasteiger partial charge in [0.15, 0.2) is 0 Å². The molecule has 3 rings (SSSR count). The summed E-state index contributed by atoms with van der Waals surface area (Å²) in [4.78, 5) is 19.4. The molecule has 130 valence electrons. The van der Waals surface area contributed by atoms with Crippen molar-refractivity contribution in [3.05, 3.63) is 29.6 Å². The lowest BCUT2D eigenvalue weighted by Crippen LogP contribution is -2.29. The molecule has 1 aromatic carbocycles. The molecule has 0 spiro atoms. The van der Waals surface area contributed by atoms with E-state index < -0.39 is 0 Å². The van der Waals surface area contributed by atoms with Gasteiger partial charge in [-0.05, 0) is 69.4 Å². The first-order valence-corrected chi connectivity index (χ1v) is 9.04. The summed E-state index contributed by atoms with van der Waals surface area (Å²) in [5, 5.41) is 2.98. The molecule has 1 saturated heterocycles. The van der Waals surface area contributed by atoms with Gasteiger partial charge in [-0.3, -0.25) is 4.57 Å². The van der Waals surface area contributed by atoms with E-state index in [9.17, 15) is 4.79 Å². The zero-order chi connectivity index (χ0) is 17.1. The fraction of sp³-hybridized carbons (Fsp3) is 0.579. The molecule has 1 aromatic heterocycles. The Morgan fingerprint density at radius 1 is 1.33 bits per heavy atom. The van der Waals surface area contributed by atoms with Crippen molar-refractivity contribution in [1.29, 1.82) is 0 Å². The van der Waals surface area contributed by atoms with Crippen molar-refractivity contribution in [2.45, 2.75) is 45.4 Å². The van der Waals surface area contributed by atoms with E-state index >= 15 is 0 Å². The van der Waals surface area contributed by atoms with Crippen LogP contribution in [0.25, 0.3) is 11.0 Å². The number of nitrogens with one attached hydrogen (secondary N) is 1. The van der Waals surface area contributed by atoms with Gasteiger partial charge in [0.25, 0.3) is 0 Å². The van der Waals surface area contributed by atoms with Crippen LogP contribution >= 0.6 is 0 Å². The van der Waals surface area contributed by atoms with Crippen molar-refractivity contribution in [3.63, 3.8) is 0 Å². The van der Waals surface area contributed by atoms with Crippen LogP contribution in [-0.2, 0) is 0 Å². The van der Waals surface area contributed by atoms with Gasteiger partial charge in [-0.1, -0.05) is 19.4 Å². The van der Waals surface area contributed by atoms with Crippen LogP contribution in [0.3, 0.4) is 0 Å². The molecule has 1 fully saturated rings. The molecule has 5 nitrogen and oxygen atoms in total. The Balaban J connectivity index is 1.90. The van der Waals surface area contributed by atoms with Gasteiger partial charge in [0.1, 0.15) is 6.33 Å². The smallest absolute Gasteiger partial charge is 0.327 e. The number of aryl methyl sites for hydroxylation is 1. The Morgan fingerprint density at radius 3 is 2.79 bits per heavy atom. The predicted molar refractivity (Wildman–Crippen MR) is 97.6 cm³/mol. The molecule has 2 heterocycles. The number of hydrogen-bond donors (Lipinski definition) is 1. The third-order valence-corrected chi connectivity index (χ3v) is 5.01. The lowest BCUT2D eigenvalue weighted by molar-refractivity contribution is 0.243. The molecule has 5 heteroatoms. The van der Waals surface area contributed by atoms with E-state index in [2.05, 4.69) is 48.2 Å². The van der Waals surface area contributed by atoms with Gasteiger partial charge < -0.3 is 10.2 Å². The van der Waals surface area contributed by atoms with Crippen LogP contribution in [0, 0.1) is 6.92 Å². The summed E-state index contributed by atoms with van der Waals surface area (Å²) >= 11 is 0. The van der Waals surface area contributed by atoms with E-state index in [0.29, 0.717) is 12.5 Å². The second-order valence-corrected chi connectivity index (χ2v) is 7.00. The minimum absolute atomic E-state index is 0.0779. The molecule has 0 bridgehead atoms. The number of likely N-dealkylation sites (tertiary alicyclic amines) is 1. The van der Waals surface area contributed by atoms with Crippen LogP contribution in [-0.4, -0.2) is 47.2 Å². The molecule has 1 aliphatic rings. The normalized spacial score (nSPS) is 16.6. The molecule has 1 amide bonds. The number of fused-ring (bicyclic) bond motifs is 1. The van der Waals surface area contributed by atoms with Gasteiger partial charge in [-0.2, -0.15) is 0 Å². The van der Waals surface area contributed by atoms with Gasteiger partial charge in [0, 0.05) is 6.54 Å². The Bertz CT molecular complexity index is 713. The Hall–Kier alpha value is -1.88. The van der Waals surface area contributed by atoms with Crippen molar-refractivity contribution in [2.24, 2.45) is 0 Å². The predicted octanol–water partition coefficient (Wildman–Crippen LogP) is 3.51. The molecule has 24 heavy (non-hydrogen) atoms. The number of carbonyl (C=O) groups excluding carboxylic acids is 1. The standard InChI is InChI=1S/C19H28N4O/c1-4-5-8-20-19(24)23-13-21-18-16(11-14(2)12-17(18)23)15-6-9-22(3)10-7-15/h11-13,15H,4-10H2,1-3H3,(H,20,24). The monoisotopic (exact) mass is 328 g/mol. The van der Waals surface area contributed by atoms with Gasteiger partial charge in [-0.25, -0.2) is 9.78 Å². The average molecular weight is 328 g/mol. The fourth-order valence-corrected chi connectivity index (χ4v) is 3.54. The maximum Gasteiger partial charge on any atom is 0.327 e. The molecule has 2 aromatic rings. The third-order valence-electron chi connectivity index (χ3n) is 5.01. The summed E-state index contributed by atoms with van der Waals surface area (Å²) in [5.74, 6) is 0.537. The number of benzene rings is 1. The second-order valence-electron chi connectivity index (χ2n) is 7.00. The topological polar surface area (TPSA) is 50.2 Å². The van der Waals surface area contributed by atoms with Crippen molar-refractivity contribution in [1.82, 2.24) is 19.8 Å². The zero-order valence-electron chi connectivity index (χ0n) is 15.0. The highest BCUT2D eigenvalue weighted by molar-refractivity contribution is 5.91. The number of imidazole rings is 1. The molecule has 0 radical (unpaired) electrons. The second kappa shape index (κ2) is 7.34. The molecule has 1 aliphatic heterocycles. The van der Waals surface area contributed by atoms with Crippen LogP contribution in [0.4, 0.5) is 4.79 Å². The van der Waals surface area contributed by atoms with Gasteiger partial charge in [-0.15, -0.1) is 0 Å². The maximum atomic E-state index is 12.4. The number of piperidine rings is 1. The first-order chi connectivity index (χ1) is 11.6. The van der Waals surface area contributed by atoms with Crippen molar-refractivity contribution >= 4 is 17.1 Å². The van der Waals surface area contributed by atoms with Crippen molar-refractivity contribution in [2.75, 3.05) is 26.7 Å². The third kappa shape index (κ3) is 3.46. The Labute approximate surface area is 144 Å². The number of amides is 1. The van der Waals surface area contributed by atoms with Crippen LogP contribution in [0.2, 0.25) is 0 Å². The summed E-state index contributed by atoms with van der Waals surface area (Å²) in [5.41, 5.74) is 4.41. The highest BCUT2D eigenvalue weighted by Gasteiger charge is 2.22. The number of nitrogens with zero attached hydrogens (tertiary/aromatic N) is 3. The molecular formula is C19H28N4O. The summed E-state index contributed by atoms with van der Waals surface area (Å²) < 4.78 is 1.66. The van der Waals surface area contributed by atoms with E-state index in [-0.39, 0.29) is 6.03 Å². The minimum Gasteiger partial charge on any atom is -0.337 e. The quantitative estimate of drug-likeness (QED) is 0.874. The van der Waals surface area contributed by atoms with Gasteiger partial charge in [0.2, 0.25) is 0 Å². The first-order valence-electron chi connectivity index (χ1n) is 9.04. The average Bonchev–Trinajstić information content (AvgIpc) is 2.98. The van der Waals surface area contributed by atoms with Crippen LogP contribution in [0.1, 0.15) is 49.7 Å². The largest absolute Gasteiger partial charge is 0.337 e. The summed E-state index contributed by atoms with van der Waals surface area (Å²) in [6, 6.07) is 4.25. The number of rotatable bonds is 4. The Kier molecular flexibility index (Phi) is 5.19. The molecule has 1 N–H and O–H groups in total. The highest BCUT2D eigenvalue weighted by atomic mass is 16.2. The van der Waals surface area contributed by atoms with Gasteiger partial charge >= 0.3 is 6.03 Å². The van der Waals surface area contributed by atoms with Crippen molar-refractivity contribution < 1.29 is 4.79 Å². The molecule has 0 atom stereocenters. The van der Waals surface area contributed by atoms with E-state index in [1.54, 1.807) is 10.9 Å². The highest BCUT2D eigenvalue weighted by Crippen LogP contribution is 2.33. The number of aromatic nitrogens is 2. The van der Waals surface area contributed by atoms with Crippen LogP contribution < -0.4 is 5.32 Å². The molecule has 0 aliphatic carbocycles. The summed E-state index contributed by atoms with van der Waals surface area (Å²) in [7, 11) is 2.18. The number of unbranched alkanes of at least 4 members (excludes halogenated alkanes) is 1. The first kappa shape index (κ1) is 17.0. The zero-order valence-corrected chi connectivity index (χ0v) is 15.0. The SMILES string of the molecule is CCCCNC(=O)n1cnc2c(C3CCN(C)CC3)cc(C)cc21. The van der Waals surface area contributed by atoms with E-state index in [0.717, 1.165) is 49.8 Å². The Morgan fingerprint density at radius 2 is 2.08 bits per heavy atom. The number of hydrogen-bond acceptors (Lipinski definition) is 3. The van der Waals surface area contributed by atoms with Crippen LogP contribution in [0.15, 0.2) is 18.5 Å². The molecule has 0 saturated carbocycles. The summed E-state index contributed by atoms with van der Waals surface area (Å²) in [6.07, 6.45) is 6.06. The van der Waals surface area contributed by atoms with Crippen molar-refractivity contribution in [3.8, 4) is 0 Å². The number of carbonyl (C=O) groups is 1. The van der Waals surface area contributed by atoms with E-state index in [1.165, 1.54) is 11.1 Å². The maximum absolute atomic E-state index is 12.4. The summed E-state index contributed by atoms with van der Waals surface area (Å²) in [6.45, 7) is 7.18. The van der Waals surface area contributed by atoms with Gasteiger partial charge in [0.05, 0.1) is 11.0 Å². The van der Waals surface area contributed by atoms with E-state index in [1.807, 2.05) is 0 Å². The fourth-order valence-electron chi connectivity index (χ4n) is 3.54. The molecular weight excluding hydrogens is 300 g/mol.